The van der Waals surface area contributed by atoms with Gasteiger partial charge in [0.2, 0.25) is 0 Å². The first kappa shape index (κ1) is 25.1. The van der Waals surface area contributed by atoms with Gasteiger partial charge in [0, 0.05) is 25.5 Å². The minimum Gasteiger partial charge on any atom is -0.489 e. The summed E-state index contributed by atoms with van der Waals surface area (Å²) in [6, 6.07) is 3.87. The lowest BCUT2D eigenvalue weighted by Crippen LogP contribution is -2.64. The van der Waals surface area contributed by atoms with E-state index in [1.54, 1.807) is 18.5 Å². The standard InChI is InChI=1S/C12H14N2O.C10H14F3NO4/c13-8-10-9-14-7-6-12(10)15-11-4-2-1-3-5-11;11-10(12,13)9(5-17-6-9)18-8(16)14-3-1-7(15)2-4-14/h6-7,9,11H,1-5H2;7,15H,1-6H2. The number of carbonyl (C=O) groups is 1. The molecule has 2 saturated heterocycles. The summed E-state index contributed by atoms with van der Waals surface area (Å²) in [6.07, 6.45) is 4.06. The van der Waals surface area contributed by atoms with Crippen LogP contribution in [0.15, 0.2) is 18.5 Å². The molecule has 0 atom stereocenters. The van der Waals surface area contributed by atoms with Gasteiger partial charge in [0.05, 0.1) is 25.4 Å². The van der Waals surface area contributed by atoms with Crippen LogP contribution >= 0.6 is 0 Å². The van der Waals surface area contributed by atoms with Gasteiger partial charge in [-0.1, -0.05) is 6.42 Å². The highest BCUT2D eigenvalue weighted by molar-refractivity contribution is 5.68. The SMILES string of the molecule is N#Cc1cnccc1OC1CCCCC1.O=C(OC1(C(F)(F)F)COC1)N1CCC(O)CC1. The fraction of sp³-hybridized carbons (Fsp3) is 0.682. The molecule has 182 valence electrons. The molecule has 4 rings (SSSR count). The summed E-state index contributed by atoms with van der Waals surface area (Å²) < 4.78 is 53.1. The maximum Gasteiger partial charge on any atom is 0.433 e. The maximum absolute atomic E-state index is 12.7. The third-order valence-electron chi connectivity index (χ3n) is 5.94. The fourth-order valence-corrected chi connectivity index (χ4v) is 3.78. The van der Waals surface area contributed by atoms with Crippen molar-refractivity contribution in [1.82, 2.24) is 9.88 Å². The Balaban J connectivity index is 0.000000189. The van der Waals surface area contributed by atoms with E-state index < -0.39 is 37.2 Å². The Labute approximate surface area is 190 Å². The third-order valence-corrected chi connectivity index (χ3v) is 5.94. The second kappa shape index (κ2) is 11.0. The van der Waals surface area contributed by atoms with Gasteiger partial charge in [-0.25, -0.2) is 4.79 Å². The van der Waals surface area contributed by atoms with Gasteiger partial charge in [-0.2, -0.15) is 18.4 Å². The Morgan fingerprint density at radius 1 is 1.21 bits per heavy atom. The summed E-state index contributed by atoms with van der Waals surface area (Å²) in [5.74, 6) is 0.680. The molecule has 3 heterocycles. The molecule has 0 unspecified atom stereocenters. The topological polar surface area (TPSA) is 105 Å². The van der Waals surface area contributed by atoms with Crippen molar-refractivity contribution in [3.8, 4) is 11.8 Å². The van der Waals surface area contributed by atoms with Crippen LogP contribution in [0.1, 0.15) is 50.5 Å². The quantitative estimate of drug-likeness (QED) is 0.719. The monoisotopic (exact) mass is 471 g/mol. The number of aromatic nitrogens is 1. The molecule has 1 aromatic heterocycles. The number of rotatable bonds is 3. The number of piperidine rings is 1. The number of amides is 1. The second-order valence-corrected chi connectivity index (χ2v) is 8.43. The number of carbonyl (C=O) groups excluding carboxylic acids is 1. The van der Waals surface area contributed by atoms with E-state index in [-0.39, 0.29) is 19.2 Å². The van der Waals surface area contributed by atoms with Gasteiger partial charge < -0.3 is 24.2 Å². The lowest BCUT2D eigenvalue weighted by atomic mass is 9.98. The van der Waals surface area contributed by atoms with Gasteiger partial charge >= 0.3 is 12.3 Å². The molecule has 1 aliphatic carbocycles. The molecular weight excluding hydrogens is 443 g/mol. The summed E-state index contributed by atoms with van der Waals surface area (Å²) in [4.78, 5) is 16.7. The predicted molar refractivity (Wildman–Crippen MR) is 109 cm³/mol. The number of aliphatic hydroxyl groups excluding tert-OH is 1. The van der Waals surface area contributed by atoms with E-state index in [2.05, 4.69) is 20.5 Å². The number of nitrogens with zero attached hydrogens (tertiary/aromatic N) is 3. The van der Waals surface area contributed by atoms with Gasteiger partial charge in [0.25, 0.3) is 5.60 Å². The summed E-state index contributed by atoms with van der Waals surface area (Å²) in [5.41, 5.74) is -1.97. The number of hydrogen-bond donors (Lipinski definition) is 1. The Bertz CT molecular complexity index is 827. The highest BCUT2D eigenvalue weighted by Gasteiger charge is 2.64. The van der Waals surface area contributed by atoms with Crippen LogP contribution in [0.3, 0.4) is 0 Å². The number of aliphatic hydroxyl groups is 1. The number of alkyl halides is 3. The van der Waals surface area contributed by atoms with Crippen LogP contribution in [-0.4, -0.2) is 71.4 Å². The largest absolute Gasteiger partial charge is 0.489 e. The summed E-state index contributed by atoms with van der Waals surface area (Å²) in [6.45, 7) is -0.902. The summed E-state index contributed by atoms with van der Waals surface area (Å²) in [7, 11) is 0. The Morgan fingerprint density at radius 3 is 2.42 bits per heavy atom. The molecule has 33 heavy (non-hydrogen) atoms. The van der Waals surface area contributed by atoms with Crippen LogP contribution in [0.2, 0.25) is 0 Å². The van der Waals surface area contributed by atoms with Gasteiger partial charge in [-0.05, 0) is 44.6 Å². The minimum atomic E-state index is -4.63. The first-order valence-corrected chi connectivity index (χ1v) is 11.1. The molecule has 3 fully saturated rings. The van der Waals surface area contributed by atoms with Crippen molar-refractivity contribution in [2.75, 3.05) is 26.3 Å². The Hall–Kier alpha value is -2.58. The molecule has 0 aromatic carbocycles. The van der Waals surface area contributed by atoms with Crippen LogP contribution in [0, 0.1) is 11.3 Å². The first-order valence-electron chi connectivity index (χ1n) is 11.1. The molecule has 0 bridgehead atoms. The van der Waals surface area contributed by atoms with Gasteiger partial charge in [0.15, 0.2) is 0 Å². The molecule has 8 nitrogen and oxygen atoms in total. The van der Waals surface area contributed by atoms with Gasteiger partial charge in [-0.3, -0.25) is 4.98 Å². The van der Waals surface area contributed by atoms with Crippen molar-refractivity contribution in [3.63, 3.8) is 0 Å². The van der Waals surface area contributed by atoms with E-state index in [0.717, 1.165) is 12.8 Å². The van der Waals surface area contributed by atoms with Crippen LogP contribution in [-0.2, 0) is 9.47 Å². The number of nitriles is 1. The van der Waals surface area contributed by atoms with E-state index in [1.165, 1.54) is 24.2 Å². The van der Waals surface area contributed by atoms with Crippen LogP contribution in [0.4, 0.5) is 18.0 Å². The molecule has 0 spiro atoms. The zero-order valence-corrected chi connectivity index (χ0v) is 18.2. The summed E-state index contributed by atoms with van der Waals surface area (Å²) >= 11 is 0. The van der Waals surface area contributed by atoms with E-state index in [4.69, 9.17) is 10.00 Å². The zero-order valence-electron chi connectivity index (χ0n) is 18.2. The highest BCUT2D eigenvalue weighted by Crippen LogP contribution is 2.40. The molecule has 1 amide bonds. The van der Waals surface area contributed by atoms with Gasteiger partial charge in [-0.15, -0.1) is 0 Å². The smallest absolute Gasteiger partial charge is 0.433 e. The van der Waals surface area contributed by atoms with E-state index in [1.807, 2.05) is 0 Å². The highest BCUT2D eigenvalue weighted by atomic mass is 19.4. The molecule has 3 aliphatic rings. The number of pyridine rings is 1. The van der Waals surface area contributed by atoms with Crippen molar-refractivity contribution in [2.45, 2.75) is 68.9 Å². The van der Waals surface area contributed by atoms with Gasteiger partial charge in [0.1, 0.15) is 17.4 Å². The summed E-state index contributed by atoms with van der Waals surface area (Å²) in [5, 5.41) is 18.1. The van der Waals surface area contributed by atoms with E-state index >= 15 is 0 Å². The maximum atomic E-state index is 12.7. The average molecular weight is 471 g/mol. The molecule has 0 radical (unpaired) electrons. The van der Waals surface area contributed by atoms with E-state index in [9.17, 15) is 23.1 Å². The lowest BCUT2D eigenvalue weighted by Gasteiger charge is -2.42. The average Bonchev–Trinajstić information content (AvgIpc) is 2.77. The normalized spacial score (nSPS) is 21.1. The second-order valence-electron chi connectivity index (χ2n) is 8.43. The van der Waals surface area contributed by atoms with Crippen molar-refractivity contribution in [3.05, 3.63) is 24.0 Å². The first-order chi connectivity index (χ1) is 15.7. The molecule has 1 saturated carbocycles. The Morgan fingerprint density at radius 2 is 1.88 bits per heavy atom. The van der Waals surface area contributed by atoms with Crippen molar-refractivity contribution < 1.29 is 37.3 Å². The van der Waals surface area contributed by atoms with Crippen molar-refractivity contribution in [1.29, 1.82) is 5.26 Å². The van der Waals surface area contributed by atoms with Crippen LogP contribution in [0.25, 0.3) is 0 Å². The number of halogens is 3. The molecule has 1 aromatic rings. The number of ether oxygens (including phenoxy) is 3. The number of hydrogen-bond acceptors (Lipinski definition) is 7. The fourth-order valence-electron chi connectivity index (χ4n) is 3.78. The lowest BCUT2D eigenvalue weighted by molar-refractivity contribution is -0.333. The minimum absolute atomic E-state index is 0.203. The van der Waals surface area contributed by atoms with Crippen LogP contribution in [0.5, 0.6) is 5.75 Å². The third kappa shape index (κ3) is 6.48. The van der Waals surface area contributed by atoms with Crippen molar-refractivity contribution >= 4 is 6.09 Å². The molecule has 11 heteroatoms. The predicted octanol–water partition coefficient (Wildman–Crippen LogP) is 3.58. The molecular formula is C22H28F3N3O5. The van der Waals surface area contributed by atoms with E-state index in [0.29, 0.717) is 24.2 Å². The Kier molecular flexibility index (Phi) is 8.37. The van der Waals surface area contributed by atoms with Crippen molar-refractivity contribution in [2.24, 2.45) is 0 Å². The molecule has 2 aliphatic heterocycles. The number of likely N-dealkylation sites (tertiary alicyclic amines) is 1. The van der Waals surface area contributed by atoms with Crippen LogP contribution < -0.4 is 4.74 Å². The molecule has 1 N–H and O–H groups in total. The zero-order chi connectivity index (χ0) is 23.9.